The lowest BCUT2D eigenvalue weighted by Crippen LogP contribution is -2.53. The van der Waals surface area contributed by atoms with Crippen molar-refractivity contribution in [3.8, 4) is 0 Å². The van der Waals surface area contributed by atoms with Gasteiger partial charge in [0, 0.05) is 49.2 Å². The highest BCUT2D eigenvalue weighted by Crippen LogP contribution is 2.35. The number of amides is 3. The Hall–Kier alpha value is -3.07. The van der Waals surface area contributed by atoms with Crippen LogP contribution in [0.5, 0.6) is 0 Å². The van der Waals surface area contributed by atoms with E-state index in [1.165, 1.54) is 12.8 Å². The van der Waals surface area contributed by atoms with Gasteiger partial charge in [-0.2, -0.15) is 0 Å². The van der Waals surface area contributed by atoms with Crippen LogP contribution in [0.1, 0.15) is 80.6 Å². The fourth-order valence-corrected chi connectivity index (χ4v) is 6.18. The Morgan fingerprint density at radius 3 is 2.36 bits per heavy atom. The summed E-state index contributed by atoms with van der Waals surface area (Å²) in [4.78, 5) is 46.7. The summed E-state index contributed by atoms with van der Waals surface area (Å²) < 4.78 is 5.65. The summed E-state index contributed by atoms with van der Waals surface area (Å²) in [5.74, 6) is 0.129. The Bertz CT molecular complexity index is 1180. The summed E-state index contributed by atoms with van der Waals surface area (Å²) in [5.41, 5.74) is 1.69. The number of hydrogen-bond donors (Lipinski definition) is 1. The van der Waals surface area contributed by atoms with Crippen molar-refractivity contribution in [2.45, 2.75) is 70.9 Å². The molecule has 0 spiro atoms. The first-order chi connectivity index (χ1) is 18.7. The van der Waals surface area contributed by atoms with E-state index in [0.717, 1.165) is 55.0 Å². The highest BCUT2D eigenvalue weighted by molar-refractivity contribution is 7.10. The van der Waals surface area contributed by atoms with Gasteiger partial charge in [0.25, 0.3) is 5.91 Å². The third-order valence-electron chi connectivity index (χ3n) is 7.56. The maximum Gasteiger partial charge on any atom is 0.410 e. The molecule has 0 radical (unpaired) electrons. The van der Waals surface area contributed by atoms with Crippen LogP contribution < -0.4 is 10.2 Å². The van der Waals surface area contributed by atoms with Gasteiger partial charge in [0.15, 0.2) is 0 Å². The Morgan fingerprint density at radius 2 is 1.72 bits per heavy atom. The molecule has 1 atom stereocenters. The predicted octanol–water partition coefficient (Wildman–Crippen LogP) is 5.91. The topological polar surface area (TPSA) is 82.2 Å². The molecule has 1 aliphatic carbocycles. The van der Waals surface area contributed by atoms with Crippen molar-refractivity contribution in [2.24, 2.45) is 5.92 Å². The molecule has 1 N–H and O–H groups in total. The van der Waals surface area contributed by atoms with Gasteiger partial charge in [0.2, 0.25) is 5.91 Å². The van der Waals surface area contributed by atoms with Crippen molar-refractivity contribution in [1.82, 2.24) is 9.80 Å². The maximum atomic E-state index is 14.3. The van der Waals surface area contributed by atoms with Crippen molar-refractivity contribution in [2.75, 3.05) is 42.9 Å². The van der Waals surface area contributed by atoms with E-state index in [1.54, 1.807) is 16.2 Å². The Balaban J connectivity index is 1.43. The second-order valence-corrected chi connectivity index (χ2v) is 12.8. The average molecular weight is 553 g/mol. The van der Waals surface area contributed by atoms with Crippen LogP contribution in [0.15, 0.2) is 35.7 Å². The Morgan fingerprint density at radius 1 is 0.974 bits per heavy atom. The van der Waals surface area contributed by atoms with Crippen LogP contribution in [-0.4, -0.2) is 66.0 Å². The van der Waals surface area contributed by atoms with Gasteiger partial charge in [-0.25, -0.2) is 4.79 Å². The van der Waals surface area contributed by atoms with E-state index >= 15 is 0 Å². The number of rotatable bonds is 5. The fourth-order valence-electron chi connectivity index (χ4n) is 5.35. The molecule has 39 heavy (non-hydrogen) atoms. The molecule has 3 aliphatic rings. The molecule has 1 unspecified atom stereocenters. The zero-order valence-electron chi connectivity index (χ0n) is 23.3. The average Bonchev–Trinajstić information content (AvgIpc) is 3.68. The minimum atomic E-state index is -0.582. The molecule has 2 saturated heterocycles. The number of nitrogens with zero attached hydrogens (tertiary/aromatic N) is 3. The number of carbonyl (C=O) groups is 3. The molecule has 5 rings (SSSR count). The van der Waals surface area contributed by atoms with E-state index in [4.69, 9.17) is 4.74 Å². The monoisotopic (exact) mass is 552 g/mol. The van der Waals surface area contributed by atoms with E-state index in [1.807, 2.05) is 61.4 Å². The molecule has 210 valence electrons. The minimum absolute atomic E-state index is 0.0449. The summed E-state index contributed by atoms with van der Waals surface area (Å²) in [6.07, 6.45) is 6.08. The van der Waals surface area contributed by atoms with Gasteiger partial charge in [0.1, 0.15) is 5.60 Å². The lowest BCUT2D eigenvalue weighted by atomic mass is 10.0. The molecule has 8 nitrogen and oxygen atoms in total. The number of thiophene rings is 1. The van der Waals surface area contributed by atoms with E-state index < -0.39 is 5.60 Å². The zero-order chi connectivity index (χ0) is 27.6. The van der Waals surface area contributed by atoms with E-state index in [-0.39, 0.29) is 29.9 Å². The van der Waals surface area contributed by atoms with Gasteiger partial charge in [-0.1, -0.05) is 18.9 Å². The molecule has 3 heterocycles. The van der Waals surface area contributed by atoms with Gasteiger partial charge in [0.05, 0.1) is 17.3 Å². The first-order valence-electron chi connectivity index (χ1n) is 14.2. The molecule has 1 aromatic carbocycles. The molecule has 0 bridgehead atoms. The molecule has 2 aliphatic heterocycles. The fraction of sp³-hybridized carbons (Fsp3) is 0.567. The molecule has 3 fully saturated rings. The van der Waals surface area contributed by atoms with Gasteiger partial charge >= 0.3 is 6.09 Å². The second-order valence-electron chi connectivity index (χ2n) is 11.9. The van der Waals surface area contributed by atoms with Crippen molar-refractivity contribution < 1.29 is 19.1 Å². The van der Waals surface area contributed by atoms with Crippen molar-refractivity contribution in [3.63, 3.8) is 0 Å². The smallest absolute Gasteiger partial charge is 0.410 e. The summed E-state index contributed by atoms with van der Waals surface area (Å²) in [5, 5.41) is 5.07. The van der Waals surface area contributed by atoms with E-state index in [9.17, 15) is 14.4 Å². The third-order valence-corrected chi connectivity index (χ3v) is 8.53. The lowest BCUT2D eigenvalue weighted by Gasteiger charge is -2.41. The summed E-state index contributed by atoms with van der Waals surface area (Å²) in [6.45, 7) is 8.59. The largest absolute Gasteiger partial charge is 0.444 e. The third kappa shape index (κ3) is 6.75. The number of carbonyl (C=O) groups excluding carboxylic acids is 3. The van der Waals surface area contributed by atoms with Crippen molar-refractivity contribution in [3.05, 3.63) is 46.2 Å². The van der Waals surface area contributed by atoms with Crippen LogP contribution in [0, 0.1) is 5.92 Å². The SMILES string of the molecule is CC(C)(C)OC(=O)N1CCN(C(=O)c2ccc(NC(=O)C3CC3)cc2N2CCCCCC2)C(c2cccs2)C1. The number of ether oxygens (including phenoxy) is 1. The van der Waals surface area contributed by atoms with Crippen LogP contribution in [0.4, 0.5) is 16.2 Å². The number of piperazine rings is 1. The first kappa shape index (κ1) is 27.5. The quantitative estimate of drug-likeness (QED) is 0.499. The Labute approximate surface area is 235 Å². The van der Waals surface area contributed by atoms with Crippen LogP contribution in [0.2, 0.25) is 0 Å². The normalized spacial score (nSPS) is 20.4. The second kappa shape index (κ2) is 11.6. The lowest BCUT2D eigenvalue weighted by molar-refractivity contribution is -0.117. The van der Waals surface area contributed by atoms with Crippen LogP contribution >= 0.6 is 11.3 Å². The maximum absolute atomic E-state index is 14.3. The number of hydrogen-bond acceptors (Lipinski definition) is 6. The number of nitrogens with one attached hydrogen (secondary N) is 1. The van der Waals surface area contributed by atoms with Gasteiger partial charge in [-0.05, 0) is 76.1 Å². The molecular weight excluding hydrogens is 512 g/mol. The zero-order valence-corrected chi connectivity index (χ0v) is 24.1. The van der Waals surface area contributed by atoms with Gasteiger partial charge < -0.3 is 24.8 Å². The van der Waals surface area contributed by atoms with Crippen molar-refractivity contribution in [1.29, 1.82) is 0 Å². The molecule has 1 aromatic heterocycles. The van der Waals surface area contributed by atoms with Crippen LogP contribution in [-0.2, 0) is 9.53 Å². The van der Waals surface area contributed by atoms with Crippen molar-refractivity contribution >= 4 is 40.6 Å². The number of benzene rings is 1. The molecule has 2 aromatic rings. The highest BCUT2D eigenvalue weighted by atomic mass is 32.1. The standard InChI is InChI=1S/C30H40N4O4S/c1-30(2,3)38-29(37)33-16-17-34(25(20-33)26-9-8-18-39-26)28(36)23-13-12-22(31-27(35)21-10-11-21)19-24(23)32-14-6-4-5-7-15-32/h8-9,12-13,18-19,21,25H,4-7,10-11,14-17,20H2,1-3H3,(H,31,35). The van der Waals surface area contributed by atoms with Gasteiger partial charge in [-0.3, -0.25) is 9.59 Å². The number of anilines is 2. The highest BCUT2D eigenvalue weighted by Gasteiger charge is 2.37. The molecule has 1 saturated carbocycles. The van der Waals surface area contributed by atoms with Gasteiger partial charge in [-0.15, -0.1) is 11.3 Å². The summed E-state index contributed by atoms with van der Waals surface area (Å²) >= 11 is 1.59. The summed E-state index contributed by atoms with van der Waals surface area (Å²) in [6, 6.07) is 9.46. The van der Waals surface area contributed by atoms with E-state index in [0.29, 0.717) is 25.2 Å². The molecule has 9 heteroatoms. The molecular formula is C30H40N4O4S. The molecule has 3 amide bonds. The van der Waals surface area contributed by atoms with Crippen LogP contribution in [0.25, 0.3) is 0 Å². The van der Waals surface area contributed by atoms with Crippen LogP contribution in [0.3, 0.4) is 0 Å². The van der Waals surface area contributed by atoms with E-state index in [2.05, 4.69) is 10.2 Å². The first-order valence-corrected chi connectivity index (χ1v) is 15.1. The minimum Gasteiger partial charge on any atom is -0.444 e. The predicted molar refractivity (Wildman–Crippen MR) is 154 cm³/mol. The summed E-state index contributed by atoms with van der Waals surface area (Å²) in [7, 11) is 0. The Kier molecular flexibility index (Phi) is 8.16.